The first kappa shape index (κ1) is 23.7. The van der Waals surface area contributed by atoms with Crippen LogP contribution in [0.25, 0.3) is 0 Å². The molecule has 1 aromatic carbocycles. The molecular weight excluding hydrogens is 438 g/mol. The molecule has 4 aliphatic heterocycles. The molecule has 3 saturated heterocycles. The number of fused-ring (bicyclic) bond motifs is 1. The van der Waals surface area contributed by atoms with Gasteiger partial charge < -0.3 is 20.0 Å². The van der Waals surface area contributed by atoms with Gasteiger partial charge in [0.1, 0.15) is 5.71 Å². The summed E-state index contributed by atoms with van der Waals surface area (Å²) in [6.07, 6.45) is 1.61. The fourth-order valence-corrected chi connectivity index (χ4v) is 6.12. The third kappa shape index (κ3) is 4.76. The Morgan fingerprint density at radius 2 is 1.63 bits per heavy atom. The molecule has 2 unspecified atom stereocenters. The van der Waals surface area contributed by atoms with Gasteiger partial charge in [0.15, 0.2) is 5.84 Å². The maximum absolute atomic E-state index is 13.2. The van der Waals surface area contributed by atoms with Gasteiger partial charge in [0, 0.05) is 62.1 Å². The fourth-order valence-electron chi connectivity index (χ4n) is 6.12. The maximum atomic E-state index is 13.2. The van der Waals surface area contributed by atoms with E-state index in [0.29, 0.717) is 29.3 Å². The number of carbonyl (C=O) groups excluding carboxylic acids is 1. The highest BCUT2D eigenvalue weighted by Gasteiger charge is 2.42. The summed E-state index contributed by atoms with van der Waals surface area (Å²) in [6, 6.07) is 8.22. The number of nitrogens with one attached hydrogen (secondary N) is 2. The molecule has 1 aromatic rings. The van der Waals surface area contributed by atoms with Crippen LogP contribution < -0.4 is 5.32 Å². The molecule has 1 amide bonds. The Hall–Kier alpha value is -3.00. The molecule has 3 fully saturated rings. The normalized spacial score (nSPS) is 27.0. The molecular formula is C27H37N7O. The summed E-state index contributed by atoms with van der Waals surface area (Å²) in [7, 11) is 2.18. The number of carbonyl (C=O) groups is 1. The van der Waals surface area contributed by atoms with E-state index in [9.17, 15) is 4.79 Å². The number of amidine groups is 1. The van der Waals surface area contributed by atoms with Gasteiger partial charge in [-0.15, -0.1) is 5.10 Å². The summed E-state index contributed by atoms with van der Waals surface area (Å²) >= 11 is 0. The third-order valence-electron chi connectivity index (χ3n) is 8.01. The van der Waals surface area contributed by atoms with Crippen LogP contribution in [0.3, 0.4) is 0 Å². The van der Waals surface area contributed by atoms with Crippen molar-refractivity contribution in [3.63, 3.8) is 0 Å². The summed E-state index contributed by atoms with van der Waals surface area (Å²) < 4.78 is 0. The van der Waals surface area contributed by atoms with E-state index in [0.717, 1.165) is 74.8 Å². The van der Waals surface area contributed by atoms with Crippen LogP contribution in [0.15, 0.2) is 45.7 Å². The van der Waals surface area contributed by atoms with E-state index >= 15 is 0 Å². The smallest absolute Gasteiger partial charge is 0.225 e. The van der Waals surface area contributed by atoms with E-state index in [2.05, 4.69) is 56.3 Å². The first-order valence-electron chi connectivity index (χ1n) is 12.8. The summed E-state index contributed by atoms with van der Waals surface area (Å²) in [4.78, 5) is 19.9. The second kappa shape index (κ2) is 9.57. The number of hydrogen-bond acceptors (Lipinski definition) is 7. The molecule has 8 heteroatoms. The fraction of sp³-hybridized carbons (Fsp3) is 0.556. The number of amides is 1. The Labute approximate surface area is 208 Å². The Morgan fingerprint density at radius 1 is 1.00 bits per heavy atom. The first-order chi connectivity index (χ1) is 16.8. The van der Waals surface area contributed by atoms with Gasteiger partial charge in [0.2, 0.25) is 5.91 Å². The lowest BCUT2D eigenvalue weighted by Gasteiger charge is -2.36. The van der Waals surface area contributed by atoms with Gasteiger partial charge in [0.05, 0.1) is 5.71 Å². The van der Waals surface area contributed by atoms with Crippen molar-refractivity contribution in [2.24, 2.45) is 28.0 Å². The van der Waals surface area contributed by atoms with Crippen molar-refractivity contribution in [1.29, 1.82) is 5.41 Å². The molecule has 0 bridgehead atoms. The minimum absolute atomic E-state index is 0.0753. The number of benzene rings is 1. The molecule has 2 atom stereocenters. The van der Waals surface area contributed by atoms with Gasteiger partial charge in [-0.25, -0.2) is 0 Å². The van der Waals surface area contributed by atoms with Crippen molar-refractivity contribution >= 4 is 28.9 Å². The number of hydrogen-bond donors (Lipinski definition) is 2. The molecule has 0 aromatic heterocycles. The molecule has 35 heavy (non-hydrogen) atoms. The van der Waals surface area contributed by atoms with Gasteiger partial charge in [-0.2, -0.15) is 5.10 Å². The highest BCUT2D eigenvalue weighted by molar-refractivity contribution is 6.53. The number of anilines is 1. The summed E-state index contributed by atoms with van der Waals surface area (Å²) in [6.45, 7) is 11.5. The number of rotatable bonds is 3. The molecule has 4 heterocycles. The molecule has 4 aliphatic rings. The van der Waals surface area contributed by atoms with Crippen molar-refractivity contribution in [1.82, 2.24) is 14.7 Å². The van der Waals surface area contributed by atoms with Gasteiger partial charge >= 0.3 is 0 Å². The molecule has 0 saturated carbocycles. The van der Waals surface area contributed by atoms with E-state index < -0.39 is 0 Å². The minimum atomic E-state index is 0.0753. The molecule has 8 nitrogen and oxygen atoms in total. The van der Waals surface area contributed by atoms with E-state index in [-0.39, 0.29) is 5.92 Å². The molecule has 0 radical (unpaired) electrons. The van der Waals surface area contributed by atoms with Crippen LogP contribution >= 0.6 is 0 Å². The highest BCUT2D eigenvalue weighted by atomic mass is 16.2. The molecule has 0 spiro atoms. The lowest BCUT2D eigenvalue weighted by molar-refractivity contribution is -0.136. The van der Waals surface area contributed by atoms with Gasteiger partial charge in [0.25, 0.3) is 0 Å². The van der Waals surface area contributed by atoms with E-state index in [4.69, 9.17) is 5.41 Å². The standard InChI is InChI=1S/C27H37N7O/c1-17-5-7-23(8-6-17)29-18(2)24-19(3)30-31-26(25(24)28)33-11-9-20(10-12-33)27(35)34-15-21-13-32(4)14-22(21)16-34/h5-8,20-22,28-29H,9-16H2,1-4H3/b24-18-,28-25?. The average Bonchev–Trinajstić information content (AvgIpc) is 3.38. The maximum Gasteiger partial charge on any atom is 0.225 e. The molecule has 5 rings (SSSR count). The van der Waals surface area contributed by atoms with E-state index in [1.165, 1.54) is 5.56 Å². The zero-order chi connectivity index (χ0) is 24.7. The Balaban J connectivity index is 1.21. The zero-order valence-corrected chi connectivity index (χ0v) is 21.3. The van der Waals surface area contributed by atoms with Gasteiger partial charge in [-0.1, -0.05) is 17.7 Å². The van der Waals surface area contributed by atoms with E-state index in [1.807, 2.05) is 26.0 Å². The lowest BCUT2D eigenvalue weighted by Crippen LogP contribution is -2.47. The third-order valence-corrected chi connectivity index (χ3v) is 8.01. The number of nitrogens with zero attached hydrogens (tertiary/aromatic N) is 5. The summed E-state index contributed by atoms with van der Waals surface area (Å²) in [5, 5.41) is 21.2. The summed E-state index contributed by atoms with van der Waals surface area (Å²) in [5.74, 6) is 2.30. The molecule has 2 N–H and O–H groups in total. The lowest BCUT2D eigenvalue weighted by atomic mass is 9.93. The van der Waals surface area contributed by atoms with E-state index in [1.54, 1.807) is 0 Å². The Morgan fingerprint density at radius 3 is 2.26 bits per heavy atom. The Kier molecular flexibility index (Phi) is 6.49. The number of allylic oxidation sites excluding steroid dienone is 1. The van der Waals surface area contributed by atoms with Crippen LogP contribution in [0, 0.1) is 30.1 Å². The van der Waals surface area contributed by atoms with Crippen molar-refractivity contribution in [3.8, 4) is 0 Å². The second-order valence-electron chi connectivity index (χ2n) is 10.7. The minimum Gasteiger partial charge on any atom is -0.359 e. The quantitative estimate of drug-likeness (QED) is 0.703. The Bertz CT molecular complexity index is 1080. The molecule has 186 valence electrons. The predicted octanol–water partition coefficient (Wildman–Crippen LogP) is 3.22. The van der Waals surface area contributed by atoms with Crippen LogP contribution in [0.2, 0.25) is 0 Å². The van der Waals surface area contributed by atoms with Crippen molar-refractivity contribution in [3.05, 3.63) is 41.1 Å². The number of likely N-dealkylation sites (tertiary alicyclic amines) is 3. The van der Waals surface area contributed by atoms with Crippen molar-refractivity contribution in [2.75, 3.05) is 51.6 Å². The SMILES string of the molecule is CC1=NN=C(N2CCC(C(=O)N3CC4CN(C)CC4C3)CC2)C(=N)/C1=C(/C)Nc1ccc(C)cc1. The topological polar surface area (TPSA) is 87.4 Å². The predicted molar refractivity (Wildman–Crippen MR) is 141 cm³/mol. The van der Waals surface area contributed by atoms with Crippen LogP contribution in [-0.4, -0.2) is 84.2 Å². The van der Waals surface area contributed by atoms with Gasteiger partial charge in [-0.05, 0) is 64.6 Å². The van der Waals surface area contributed by atoms with Crippen LogP contribution in [0.5, 0.6) is 0 Å². The highest BCUT2D eigenvalue weighted by Crippen LogP contribution is 2.32. The van der Waals surface area contributed by atoms with Gasteiger partial charge in [-0.3, -0.25) is 10.2 Å². The zero-order valence-electron chi connectivity index (χ0n) is 21.3. The molecule has 0 aliphatic carbocycles. The monoisotopic (exact) mass is 475 g/mol. The van der Waals surface area contributed by atoms with Crippen LogP contribution in [0.1, 0.15) is 32.3 Å². The van der Waals surface area contributed by atoms with Crippen molar-refractivity contribution < 1.29 is 4.79 Å². The number of piperidine rings is 1. The average molecular weight is 476 g/mol. The first-order valence-corrected chi connectivity index (χ1v) is 12.8. The van der Waals surface area contributed by atoms with Crippen LogP contribution in [-0.2, 0) is 4.79 Å². The summed E-state index contributed by atoms with van der Waals surface area (Å²) in [5.41, 5.74) is 5.02. The van der Waals surface area contributed by atoms with Crippen LogP contribution in [0.4, 0.5) is 5.69 Å². The second-order valence-corrected chi connectivity index (χ2v) is 10.7. The number of aryl methyl sites for hydroxylation is 1. The van der Waals surface area contributed by atoms with Crippen molar-refractivity contribution in [2.45, 2.75) is 33.6 Å². The largest absolute Gasteiger partial charge is 0.359 e.